The van der Waals surface area contributed by atoms with Gasteiger partial charge < -0.3 is 4.74 Å². The molecule has 0 radical (unpaired) electrons. The maximum atomic E-state index is 11.9. The number of nitro groups is 1. The van der Waals surface area contributed by atoms with E-state index >= 15 is 0 Å². The van der Waals surface area contributed by atoms with E-state index in [1.165, 1.54) is 24.3 Å². The summed E-state index contributed by atoms with van der Waals surface area (Å²) in [5.41, 5.74) is 0.592. The number of rotatable bonds is 4. The predicted octanol–water partition coefficient (Wildman–Crippen LogP) is 4.26. The summed E-state index contributed by atoms with van der Waals surface area (Å²) in [6, 6.07) is 10.5. The third kappa shape index (κ3) is 3.71. The molecule has 0 aliphatic rings. The first-order valence-electron chi connectivity index (χ1n) is 5.83. The van der Waals surface area contributed by atoms with Gasteiger partial charge in [0.15, 0.2) is 0 Å². The fourth-order valence-corrected chi connectivity index (χ4v) is 2.03. The van der Waals surface area contributed by atoms with E-state index in [1.54, 1.807) is 18.2 Å². The van der Waals surface area contributed by atoms with Crippen molar-refractivity contribution in [3.05, 3.63) is 73.8 Å². The fourth-order valence-electron chi connectivity index (χ4n) is 1.65. The van der Waals surface area contributed by atoms with Gasteiger partial charge in [-0.3, -0.25) is 10.1 Å². The van der Waals surface area contributed by atoms with Gasteiger partial charge in [0.05, 0.1) is 20.5 Å². The molecule has 0 spiro atoms. The molecule has 0 saturated heterocycles. The standard InChI is InChI=1S/C14H9Cl2NO4/c15-12-6-2-5-11(13(12)16)14(18)21-8-9-3-1-4-10(7-9)17(19)20/h1-7H,8H2. The van der Waals surface area contributed by atoms with E-state index in [9.17, 15) is 14.9 Å². The van der Waals surface area contributed by atoms with E-state index in [0.29, 0.717) is 5.56 Å². The van der Waals surface area contributed by atoms with Gasteiger partial charge in [-0.2, -0.15) is 0 Å². The Morgan fingerprint density at radius 2 is 1.90 bits per heavy atom. The Kier molecular flexibility index (Phi) is 4.77. The molecular weight excluding hydrogens is 317 g/mol. The molecule has 0 saturated carbocycles. The molecule has 0 N–H and O–H groups in total. The molecule has 0 unspecified atom stereocenters. The van der Waals surface area contributed by atoms with Gasteiger partial charge in [0.2, 0.25) is 0 Å². The van der Waals surface area contributed by atoms with E-state index in [4.69, 9.17) is 27.9 Å². The maximum Gasteiger partial charge on any atom is 0.340 e. The monoisotopic (exact) mass is 325 g/mol. The molecule has 0 atom stereocenters. The van der Waals surface area contributed by atoms with E-state index < -0.39 is 10.9 Å². The molecule has 2 aromatic carbocycles. The van der Waals surface area contributed by atoms with Crippen molar-refractivity contribution in [2.24, 2.45) is 0 Å². The quantitative estimate of drug-likeness (QED) is 0.478. The molecule has 0 heterocycles. The Labute approximate surface area is 130 Å². The van der Waals surface area contributed by atoms with Crippen molar-refractivity contribution >= 4 is 34.9 Å². The van der Waals surface area contributed by atoms with Gasteiger partial charge in [-0.05, 0) is 17.7 Å². The summed E-state index contributed by atoms with van der Waals surface area (Å²) in [4.78, 5) is 22.1. The van der Waals surface area contributed by atoms with Crippen molar-refractivity contribution in [1.29, 1.82) is 0 Å². The van der Waals surface area contributed by atoms with Crippen LogP contribution in [0.4, 0.5) is 5.69 Å². The van der Waals surface area contributed by atoms with Gasteiger partial charge in [0.1, 0.15) is 6.61 Å². The molecule has 0 fully saturated rings. The second kappa shape index (κ2) is 6.56. The van der Waals surface area contributed by atoms with Crippen molar-refractivity contribution < 1.29 is 14.5 Å². The van der Waals surface area contributed by atoms with Crippen LogP contribution in [-0.4, -0.2) is 10.9 Å². The number of halogens is 2. The summed E-state index contributed by atoms with van der Waals surface area (Å²) in [6.45, 7) is -0.0939. The summed E-state index contributed by atoms with van der Waals surface area (Å²) < 4.78 is 5.08. The Morgan fingerprint density at radius 3 is 2.62 bits per heavy atom. The normalized spacial score (nSPS) is 10.2. The first-order valence-corrected chi connectivity index (χ1v) is 6.59. The SMILES string of the molecule is O=C(OCc1cccc([N+](=O)[O-])c1)c1cccc(Cl)c1Cl. The number of non-ortho nitro benzene ring substituents is 1. The van der Waals surface area contributed by atoms with Crippen LogP contribution in [0, 0.1) is 10.1 Å². The zero-order chi connectivity index (χ0) is 15.4. The number of ether oxygens (including phenoxy) is 1. The van der Waals surface area contributed by atoms with Crippen LogP contribution < -0.4 is 0 Å². The van der Waals surface area contributed by atoms with E-state index in [1.807, 2.05) is 0 Å². The van der Waals surface area contributed by atoms with Crippen molar-refractivity contribution in [2.45, 2.75) is 6.61 Å². The largest absolute Gasteiger partial charge is 0.457 e. The summed E-state index contributed by atoms with van der Waals surface area (Å²) in [5, 5.41) is 11.0. The molecule has 0 bridgehead atoms. The predicted molar refractivity (Wildman–Crippen MR) is 78.7 cm³/mol. The second-order valence-corrected chi connectivity index (χ2v) is 4.89. The molecule has 2 rings (SSSR count). The molecule has 0 aliphatic carbocycles. The lowest BCUT2D eigenvalue weighted by molar-refractivity contribution is -0.384. The Hall–Kier alpha value is -2.11. The first-order chi connectivity index (χ1) is 9.99. The molecule has 0 amide bonds. The number of nitro benzene ring substituents is 1. The highest BCUT2D eigenvalue weighted by Gasteiger charge is 2.14. The lowest BCUT2D eigenvalue weighted by Gasteiger charge is -2.07. The number of benzene rings is 2. The smallest absolute Gasteiger partial charge is 0.340 e. The highest BCUT2D eigenvalue weighted by Crippen LogP contribution is 2.26. The second-order valence-electron chi connectivity index (χ2n) is 4.10. The summed E-state index contributed by atoms with van der Waals surface area (Å²) >= 11 is 11.7. The molecule has 0 aliphatic heterocycles. The number of carbonyl (C=O) groups excluding carboxylic acids is 1. The lowest BCUT2D eigenvalue weighted by Crippen LogP contribution is -2.06. The van der Waals surface area contributed by atoms with Crippen LogP contribution in [0.5, 0.6) is 0 Å². The third-order valence-corrected chi connectivity index (χ3v) is 3.48. The van der Waals surface area contributed by atoms with E-state index in [0.717, 1.165) is 0 Å². The number of hydrogen-bond acceptors (Lipinski definition) is 4. The molecule has 2 aromatic rings. The number of carbonyl (C=O) groups is 1. The minimum absolute atomic E-state index is 0.0654. The number of nitrogens with zero attached hydrogens (tertiary/aromatic N) is 1. The summed E-state index contributed by atoms with van der Waals surface area (Å²) in [7, 11) is 0. The molecule has 0 aromatic heterocycles. The van der Waals surface area contributed by atoms with E-state index in [2.05, 4.69) is 0 Å². The van der Waals surface area contributed by atoms with Crippen LogP contribution in [0.25, 0.3) is 0 Å². The van der Waals surface area contributed by atoms with Crippen LogP contribution in [-0.2, 0) is 11.3 Å². The van der Waals surface area contributed by atoms with Gasteiger partial charge in [-0.25, -0.2) is 4.79 Å². The highest BCUT2D eigenvalue weighted by atomic mass is 35.5. The average molecular weight is 326 g/mol. The highest BCUT2D eigenvalue weighted by molar-refractivity contribution is 6.43. The maximum absolute atomic E-state index is 11.9. The van der Waals surface area contributed by atoms with Gasteiger partial charge in [-0.1, -0.05) is 41.4 Å². The van der Waals surface area contributed by atoms with Crippen LogP contribution in [0.2, 0.25) is 10.0 Å². The Morgan fingerprint density at radius 1 is 1.19 bits per heavy atom. The molecule has 21 heavy (non-hydrogen) atoms. The van der Waals surface area contributed by atoms with Crippen molar-refractivity contribution in [1.82, 2.24) is 0 Å². The topological polar surface area (TPSA) is 69.4 Å². The minimum Gasteiger partial charge on any atom is -0.457 e. The summed E-state index contributed by atoms with van der Waals surface area (Å²) in [6.07, 6.45) is 0. The van der Waals surface area contributed by atoms with Gasteiger partial charge in [0.25, 0.3) is 5.69 Å². The van der Waals surface area contributed by atoms with Crippen molar-refractivity contribution in [2.75, 3.05) is 0 Å². The van der Waals surface area contributed by atoms with Crippen molar-refractivity contribution in [3.8, 4) is 0 Å². The van der Waals surface area contributed by atoms with Gasteiger partial charge in [-0.15, -0.1) is 0 Å². The van der Waals surface area contributed by atoms with E-state index in [-0.39, 0.29) is 27.9 Å². The van der Waals surface area contributed by atoms with Crippen LogP contribution >= 0.6 is 23.2 Å². The number of hydrogen-bond donors (Lipinski definition) is 0. The average Bonchev–Trinajstić information content (AvgIpc) is 2.48. The van der Waals surface area contributed by atoms with Crippen LogP contribution in [0.3, 0.4) is 0 Å². The lowest BCUT2D eigenvalue weighted by atomic mass is 10.2. The third-order valence-electron chi connectivity index (χ3n) is 2.66. The molecular formula is C14H9Cl2NO4. The first kappa shape index (κ1) is 15.3. The van der Waals surface area contributed by atoms with Crippen molar-refractivity contribution in [3.63, 3.8) is 0 Å². The van der Waals surface area contributed by atoms with Gasteiger partial charge >= 0.3 is 5.97 Å². The molecule has 5 nitrogen and oxygen atoms in total. The Balaban J connectivity index is 2.09. The molecule has 7 heteroatoms. The minimum atomic E-state index is -0.644. The zero-order valence-corrected chi connectivity index (χ0v) is 12.1. The zero-order valence-electron chi connectivity index (χ0n) is 10.6. The van der Waals surface area contributed by atoms with Crippen LogP contribution in [0.1, 0.15) is 15.9 Å². The number of esters is 1. The van der Waals surface area contributed by atoms with Crippen LogP contribution in [0.15, 0.2) is 42.5 Å². The molecule has 108 valence electrons. The fraction of sp³-hybridized carbons (Fsp3) is 0.0714. The Bertz CT molecular complexity index is 703. The van der Waals surface area contributed by atoms with Gasteiger partial charge in [0, 0.05) is 12.1 Å². The summed E-state index contributed by atoms with van der Waals surface area (Å²) in [5.74, 6) is -0.644.